The molecule has 4 nitrogen and oxygen atoms in total. The highest BCUT2D eigenvalue weighted by Crippen LogP contribution is 2.39. The Morgan fingerprint density at radius 3 is 2.42 bits per heavy atom. The molecular weight excluding hydrogens is 302 g/mol. The molecule has 0 amide bonds. The smallest absolute Gasteiger partial charge is 0.165 e. The van der Waals surface area contributed by atoms with Crippen molar-refractivity contribution in [2.75, 3.05) is 6.54 Å². The van der Waals surface area contributed by atoms with Gasteiger partial charge in [-0.1, -0.05) is 49.6 Å². The summed E-state index contributed by atoms with van der Waals surface area (Å²) >= 11 is 0. The molecule has 4 heteroatoms. The molecule has 1 unspecified atom stereocenters. The van der Waals surface area contributed by atoms with Crippen LogP contribution >= 0.6 is 0 Å². The molecule has 1 saturated carbocycles. The Balaban J connectivity index is 1.76. The third-order valence-electron chi connectivity index (χ3n) is 4.79. The van der Waals surface area contributed by atoms with Crippen LogP contribution in [0.5, 0.6) is 11.5 Å². The first kappa shape index (κ1) is 16.8. The van der Waals surface area contributed by atoms with Crippen molar-refractivity contribution in [1.29, 1.82) is 0 Å². The van der Waals surface area contributed by atoms with Gasteiger partial charge in [-0.2, -0.15) is 0 Å². The van der Waals surface area contributed by atoms with E-state index in [4.69, 9.17) is 0 Å². The van der Waals surface area contributed by atoms with Gasteiger partial charge in [0.05, 0.1) is 6.10 Å². The summed E-state index contributed by atoms with van der Waals surface area (Å²) < 4.78 is 0. The highest BCUT2D eigenvalue weighted by atomic mass is 16.3. The Labute approximate surface area is 142 Å². The zero-order valence-corrected chi connectivity index (χ0v) is 13.8. The number of benzene rings is 2. The second-order valence-corrected chi connectivity index (χ2v) is 6.56. The fraction of sp³-hybridized carbons (Fsp3) is 0.400. The van der Waals surface area contributed by atoms with E-state index in [-0.39, 0.29) is 11.5 Å². The van der Waals surface area contributed by atoms with E-state index in [9.17, 15) is 15.3 Å². The lowest BCUT2D eigenvalue weighted by atomic mass is 9.95. The average Bonchev–Trinajstić information content (AvgIpc) is 2.63. The SMILES string of the molecule is Oc1cc(C(O)CNC2CCCCC2)cc(-c2ccccc2)c1O. The van der Waals surface area contributed by atoms with Gasteiger partial charge in [-0.25, -0.2) is 0 Å². The normalized spacial score (nSPS) is 16.9. The molecule has 128 valence electrons. The predicted molar refractivity (Wildman–Crippen MR) is 95.0 cm³/mol. The van der Waals surface area contributed by atoms with Gasteiger partial charge >= 0.3 is 0 Å². The zero-order valence-electron chi connectivity index (χ0n) is 13.8. The topological polar surface area (TPSA) is 72.7 Å². The van der Waals surface area contributed by atoms with E-state index in [1.165, 1.54) is 25.3 Å². The predicted octanol–water partition coefficient (Wildman–Crippen LogP) is 3.72. The van der Waals surface area contributed by atoms with Crippen LogP contribution in [0.3, 0.4) is 0 Å². The molecule has 0 bridgehead atoms. The first-order chi connectivity index (χ1) is 11.6. The molecule has 1 fully saturated rings. The van der Waals surface area contributed by atoms with E-state index >= 15 is 0 Å². The van der Waals surface area contributed by atoms with Gasteiger partial charge in [-0.3, -0.25) is 0 Å². The number of nitrogens with one attached hydrogen (secondary N) is 1. The molecule has 0 aliphatic heterocycles. The molecule has 24 heavy (non-hydrogen) atoms. The number of aromatic hydroxyl groups is 2. The van der Waals surface area contributed by atoms with E-state index in [0.29, 0.717) is 23.7 Å². The summed E-state index contributed by atoms with van der Waals surface area (Å²) in [5.74, 6) is -0.361. The van der Waals surface area contributed by atoms with Crippen molar-refractivity contribution in [3.05, 3.63) is 48.0 Å². The third kappa shape index (κ3) is 3.89. The van der Waals surface area contributed by atoms with Gasteiger partial charge in [-0.05, 0) is 36.1 Å². The van der Waals surface area contributed by atoms with Crippen molar-refractivity contribution >= 4 is 0 Å². The molecule has 3 rings (SSSR count). The fourth-order valence-electron chi connectivity index (χ4n) is 3.37. The number of aliphatic hydroxyl groups is 1. The van der Waals surface area contributed by atoms with Gasteiger partial charge in [0, 0.05) is 18.2 Å². The van der Waals surface area contributed by atoms with Crippen LogP contribution in [0, 0.1) is 0 Å². The van der Waals surface area contributed by atoms with Crippen LogP contribution in [0.25, 0.3) is 11.1 Å². The number of phenols is 2. The number of hydrogen-bond acceptors (Lipinski definition) is 4. The molecule has 1 atom stereocenters. The molecule has 0 spiro atoms. The molecule has 1 aliphatic carbocycles. The number of rotatable bonds is 5. The van der Waals surface area contributed by atoms with Crippen LogP contribution in [0.4, 0.5) is 0 Å². The molecule has 0 saturated heterocycles. The van der Waals surface area contributed by atoms with Gasteiger partial charge in [0.15, 0.2) is 11.5 Å². The highest BCUT2D eigenvalue weighted by molar-refractivity contribution is 5.74. The Morgan fingerprint density at radius 1 is 1.00 bits per heavy atom. The first-order valence-corrected chi connectivity index (χ1v) is 8.68. The summed E-state index contributed by atoms with van der Waals surface area (Å²) in [6.07, 6.45) is 5.37. The molecular formula is C20H25NO3. The molecule has 0 radical (unpaired) electrons. The van der Waals surface area contributed by atoms with Crippen molar-refractivity contribution < 1.29 is 15.3 Å². The van der Waals surface area contributed by atoms with Crippen LogP contribution in [0.1, 0.15) is 43.8 Å². The molecule has 0 heterocycles. The quantitative estimate of drug-likeness (QED) is 0.632. The van der Waals surface area contributed by atoms with E-state index in [1.807, 2.05) is 30.3 Å². The van der Waals surface area contributed by atoms with Crippen molar-refractivity contribution in [3.63, 3.8) is 0 Å². The maximum Gasteiger partial charge on any atom is 0.165 e. The molecule has 2 aromatic carbocycles. The minimum Gasteiger partial charge on any atom is -0.504 e. The van der Waals surface area contributed by atoms with Gasteiger partial charge in [-0.15, -0.1) is 0 Å². The lowest BCUT2D eigenvalue weighted by Crippen LogP contribution is -2.34. The molecule has 1 aliphatic rings. The van der Waals surface area contributed by atoms with Gasteiger partial charge in [0.25, 0.3) is 0 Å². The summed E-state index contributed by atoms with van der Waals surface area (Å²) in [7, 11) is 0. The lowest BCUT2D eigenvalue weighted by molar-refractivity contribution is 0.165. The van der Waals surface area contributed by atoms with E-state index in [0.717, 1.165) is 18.4 Å². The summed E-state index contributed by atoms with van der Waals surface area (Å²) in [6, 6.07) is 13.0. The van der Waals surface area contributed by atoms with Crippen LogP contribution in [-0.4, -0.2) is 27.9 Å². The van der Waals surface area contributed by atoms with Gasteiger partial charge < -0.3 is 20.6 Å². The minimum absolute atomic E-state index is 0.155. The maximum atomic E-state index is 10.5. The summed E-state index contributed by atoms with van der Waals surface area (Å²) in [4.78, 5) is 0. The first-order valence-electron chi connectivity index (χ1n) is 8.68. The Hall–Kier alpha value is -2.04. The lowest BCUT2D eigenvalue weighted by Gasteiger charge is -2.24. The summed E-state index contributed by atoms with van der Waals surface area (Å²) in [6.45, 7) is 0.448. The van der Waals surface area contributed by atoms with Crippen LogP contribution in [-0.2, 0) is 0 Å². The van der Waals surface area contributed by atoms with Gasteiger partial charge in [0.2, 0.25) is 0 Å². The average molecular weight is 327 g/mol. The largest absolute Gasteiger partial charge is 0.504 e. The van der Waals surface area contributed by atoms with Crippen molar-refractivity contribution in [1.82, 2.24) is 5.32 Å². The van der Waals surface area contributed by atoms with Crippen LogP contribution in [0.2, 0.25) is 0 Å². The standard InChI is InChI=1S/C20H25NO3/c22-18-12-15(19(23)13-21-16-9-5-2-6-10-16)11-17(20(18)24)14-7-3-1-4-8-14/h1,3-4,7-8,11-12,16,19,21-24H,2,5-6,9-10,13H2. The second kappa shape index (κ2) is 7.69. The zero-order chi connectivity index (χ0) is 16.9. The fourth-order valence-corrected chi connectivity index (χ4v) is 3.37. The van der Waals surface area contributed by atoms with E-state index < -0.39 is 6.10 Å². The minimum atomic E-state index is -0.721. The Bertz CT molecular complexity index is 666. The van der Waals surface area contributed by atoms with Crippen molar-refractivity contribution in [2.45, 2.75) is 44.2 Å². The maximum absolute atomic E-state index is 10.5. The van der Waals surface area contributed by atoms with E-state index in [1.54, 1.807) is 6.07 Å². The van der Waals surface area contributed by atoms with E-state index in [2.05, 4.69) is 5.32 Å². The Morgan fingerprint density at radius 2 is 1.71 bits per heavy atom. The second-order valence-electron chi connectivity index (χ2n) is 6.56. The highest BCUT2D eigenvalue weighted by Gasteiger charge is 2.18. The molecule has 4 N–H and O–H groups in total. The summed E-state index contributed by atoms with van der Waals surface area (Å²) in [5, 5.41) is 34.1. The Kier molecular flexibility index (Phi) is 5.38. The van der Waals surface area contributed by atoms with Crippen LogP contribution in [0.15, 0.2) is 42.5 Å². The number of phenolic OH excluding ortho intramolecular Hbond substituents is 2. The van der Waals surface area contributed by atoms with Gasteiger partial charge in [0.1, 0.15) is 0 Å². The molecule has 0 aromatic heterocycles. The molecule has 2 aromatic rings. The number of hydrogen-bond donors (Lipinski definition) is 4. The van der Waals surface area contributed by atoms with Crippen LogP contribution < -0.4 is 5.32 Å². The number of aliphatic hydroxyl groups excluding tert-OH is 1. The van der Waals surface area contributed by atoms with Crippen molar-refractivity contribution in [2.24, 2.45) is 0 Å². The van der Waals surface area contributed by atoms with Crippen molar-refractivity contribution in [3.8, 4) is 22.6 Å². The monoisotopic (exact) mass is 327 g/mol. The third-order valence-corrected chi connectivity index (χ3v) is 4.79. The summed E-state index contributed by atoms with van der Waals surface area (Å²) in [5.41, 5.74) is 1.94.